The Hall–Kier alpha value is -4.18. The summed E-state index contributed by atoms with van der Waals surface area (Å²) in [5.41, 5.74) is 4.95. The summed E-state index contributed by atoms with van der Waals surface area (Å²) < 4.78 is 12.8. The molecule has 6 heterocycles. The summed E-state index contributed by atoms with van der Waals surface area (Å²) >= 11 is 0. The second-order valence-electron chi connectivity index (χ2n) is 8.83. The number of hydrogen-bond donors (Lipinski definition) is 1. The van der Waals surface area contributed by atoms with Crippen LogP contribution in [-0.2, 0) is 6.54 Å². The third-order valence-electron chi connectivity index (χ3n) is 6.58. The Bertz CT molecular complexity index is 1470. The van der Waals surface area contributed by atoms with Crippen LogP contribution in [0.5, 0.6) is 11.6 Å². The van der Waals surface area contributed by atoms with Gasteiger partial charge in [-0.3, -0.25) is 10.00 Å². The third kappa shape index (κ3) is 4.20. The molecule has 0 aromatic carbocycles. The van der Waals surface area contributed by atoms with Gasteiger partial charge in [-0.15, -0.1) is 5.10 Å². The lowest BCUT2D eigenvalue weighted by Crippen LogP contribution is -2.46. The summed E-state index contributed by atoms with van der Waals surface area (Å²) in [6, 6.07) is 10.3. The number of pyridine rings is 3. The molecule has 1 aliphatic rings. The molecule has 1 aliphatic heterocycles. The topological polar surface area (TPSA) is 96.7 Å². The predicted molar refractivity (Wildman–Crippen MR) is 138 cm³/mol. The molecule has 0 unspecified atom stereocenters. The maximum Gasteiger partial charge on any atom is 0.212 e. The molecule has 10 nitrogen and oxygen atoms in total. The van der Waals surface area contributed by atoms with Crippen LogP contribution >= 0.6 is 0 Å². The van der Waals surface area contributed by atoms with E-state index in [1.165, 1.54) is 5.56 Å². The van der Waals surface area contributed by atoms with Gasteiger partial charge in [-0.2, -0.15) is 5.10 Å². The van der Waals surface area contributed by atoms with Crippen LogP contribution in [0.4, 0.5) is 5.82 Å². The Labute approximate surface area is 208 Å². The molecule has 0 radical (unpaired) electrons. The first kappa shape index (κ1) is 22.3. The maximum atomic E-state index is 5.80. The number of nitrogens with one attached hydrogen (secondary N) is 1. The minimum absolute atomic E-state index is 0.587. The van der Waals surface area contributed by atoms with Gasteiger partial charge in [0.25, 0.3) is 0 Å². The molecule has 0 atom stereocenters. The van der Waals surface area contributed by atoms with Crippen molar-refractivity contribution in [2.24, 2.45) is 0 Å². The molecule has 0 aliphatic carbocycles. The molecule has 6 rings (SSSR count). The first-order valence-corrected chi connectivity index (χ1v) is 12.1. The van der Waals surface area contributed by atoms with Gasteiger partial charge in [0.15, 0.2) is 5.65 Å². The first-order valence-electron chi connectivity index (χ1n) is 12.1. The van der Waals surface area contributed by atoms with Crippen LogP contribution in [0.2, 0.25) is 0 Å². The van der Waals surface area contributed by atoms with Crippen LogP contribution in [0.1, 0.15) is 12.5 Å². The Morgan fingerprint density at radius 3 is 2.61 bits per heavy atom. The number of methoxy groups -OCH3 is 1. The average molecular weight is 485 g/mol. The molecule has 36 heavy (non-hydrogen) atoms. The van der Waals surface area contributed by atoms with E-state index >= 15 is 0 Å². The van der Waals surface area contributed by atoms with Crippen LogP contribution in [0.3, 0.4) is 0 Å². The van der Waals surface area contributed by atoms with Gasteiger partial charge < -0.3 is 14.4 Å². The Morgan fingerprint density at radius 1 is 1.00 bits per heavy atom. The van der Waals surface area contributed by atoms with E-state index < -0.39 is 0 Å². The molecule has 1 N–H and O–H groups in total. The van der Waals surface area contributed by atoms with Crippen molar-refractivity contribution in [3.8, 4) is 22.8 Å². The third-order valence-corrected chi connectivity index (χ3v) is 6.58. The minimum Gasteiger partial charge on any atom is -0.492 e. The minimum atomic E-state index is 0.587. The van der Waals surface area contributed by atoms with Crippen LogP contribution in [-0.4, -0.2) is 74.6 Å². The monoisotopic (exact) mass is 484 g/mol. The molecule has 184 valence electrons. The molecule has 1 fully saturated rings. The molecule has 1 saturated heterocycles. The smallest absolute Gasteiger partial charge is 0.212 e. The zero-order chi connectivity index (χ0) is 24.5. The van der Waals surface area contributed by atoms with Crippen LogP contribution in [0.25, 0.3) is 27.7 Å². The van der Waals surface area contributed by atoms with Crippen molar-refractivity contribution >= 4 is 22.4 Å². The van der Waals surface area contributed by atoms with Gasteiger partial charge in [-0.1, -0.05) is 6.07 Å². The maximum absolute atomic E-state index is 5.80. The average Bonchev–Trinajstić information content (AvgIpc) is 3.51. The van der Waals surface area contributed by atoms with Gasteiger partial charge >= 0.3 is 0 Å². The number of ether oxygens (including phenoxy) is 2. The Morgan fingerprint density at radius 2 is 1.89 bits per heavy atom. The number of H-pyrrole nitrogens is 1. The van der Waals surface area contributed by atoms with Crippen LogP contribution in [0.15, 0.2) is 55.1 Å². The number of anilines is 1. The largest absolute Gasteiger partial charge is 0.492 e. The molecule has 5 aromatic heterocycles. The van der Waals surface area contributed by atoms with Gasteiger partial charge in [0.1, 0.15) is 11.6 Å². The highest BCUT2D eigenvalue weighted by Gasteiger charge is 2.19. The van der Waals surface area contributed by atoms with Gasteiger partial charge in [-0.25, -0.2) is 14.5 Å². The number of aromatic amines is 1. The zero-order valence-electron chi connectivity index (χ0n) is 20.4. The van der Waals surface area contributed by atoms with Crippen molar-refractivity contribution in [2.45, 2.75) is 13.5 Å². The number of rotatable bonds is 7. The number of fused-ring (bicyclic) bond motifs is 3. The standard InChI is InChI=1S/C26H28N8O2/c1-3-36-20-12-21(25-22-15-29-30-26(22)31-34(25)17-20)19-5-6-23(27-14-19)33-10-8-32(9-11-33)16-18-4-7-24(35-2)28-13-18/h4-7,12-15,17H,3,8-11,16H2,1-2H3,(H,30,31). The predicted octanol–water partition coefficient (Wildman–Crippen LogP) is 3.40. The van der Waals surface area contributed by atoms with Crippen LogP contribution in [0, 0.1) is 0 Å². The summed E-state index contributed by atoms with van der Waals surface area (Å²) in [6.45, 7) is 7.25. The van der Waals surface area contributed by atoms with Gasteiger partial charge in [0.2, 0.25) is 5.88 Å². The van der Waals surface area contributed by atoms with E-state index in [0.29, 0.717) is 12.5 Å². The lowest BCUT2D eigenvalue weighted by atomic mass is 10.1. The normalized spacial score (nSPS) is 14.6. The van der Waals surface area contributed by atoms with Crippen molar-refractivity contribution in [1.82, 2.24) is 34.7 Å². The molecule has 10 heteroatoms. The van der Waals surface area contributed by atoms with E-state index in [1.807, 2.05) is 42.3 Å². The van der Waals surface area contributed by atoms with E-state index in [0.717, 1.165) is 72.0 Å². The summed E-state index contributed by atoms with van der Waals surface area (Å²) in [7, 11) is 1.64. The van der Waals surface area contributed by atoms with Crippen molar-refractivity contribution in [3.05, 3.63) is 60.7 Å². The second-order valence-corrected chi connectivity index (χ2v) is 8.83. The first-order chi connectivity index (χ1) is 17.7. The molecular weight excluding hydrogens is 456 g/mol. The summed E-state index contributed by atoms with van der Waals surface area (Å²) in [6.07, 6.45) is 7.54. The number of nitrogens with zero attached hydrogens (tertiary/aromatic N) is 7. The second kappa shape index (κ2) is 9.46. The molecule has 0 spiro atoms. The molecule has 0 bridgehead atoms. The van der Waals surface area contributed by atoms with Crippen molar-refractivity contribution in [3.63, 3.8) is 0 Å². The van der Waals surface area contributed by atoms with E-state index in [9.17, 15) is 0 Å². The molecule has 0 amide bonds. The van der Waals surface area contributed by atoms with Gasteiger partial charge in [0, 0.05) is 62.3 Å². The fraction of sp³-hybridized carbons (Fsp3) is 0.308. The lowest BCUT2D eigenvalue weighted by Gasteiger charge is -2.35. The number of aromatic nitrogens is 6. The van der Waals surface area contributed by atoms with Crippen molar-refractivity contribution in [2.75, 3.05) is 44.8 Å². The fourth-order valence-corrected chi connectivity index (χ4v) is 4.76. The summed E-state index contributed by atoms with van der Waals surface area (Å²) in [4.78, 5) is 13.9. The summed E-state index contributed by atoms with van der Waals surface area (Å²) in [5.74, 6) is 2.40. The number of piperazine rings is 1. The highest BCUT2D eigenvalue weighted by Crippen LogP contribution is 2.33. The van der Waals surface area contributed by atoms with E-state index in [1.54, 1.807) is 7.11 Å². The van der Waals surface area contributed by atoms with Gasteiger partial charge in [0.05, 0.1) is 37.0 Å². The van der Waals surface area contributed by atoms with E-state index in [-0.39, 0.29) is 0 Å². The molecule has 0 saturated carbocycles. The Balaban J connectivity index is 1.19. The Kier molecular flexibility index (Phi) is 5.86. The lowest BCUT2D eigenvalue weighted by molar-refractivity contribution is 0.249. The molecular formula is C26H28N8O2. The SMILES string of the molecule is CCOc1cc(-c2ccc(N3CCN(Cc4ccc(OC)nc4)CC3)nc2)c2c3cn[nH]c3nn2c1. The van der Waals surface area contributed by atoms with Crippen LogP contribution < -0.4 is 14.4 Å². The van der Waals surface area contributed by atoms with Crippen molar-refractivity contribution in [1.29, 1.82) is 0 Å². The zero-order valence-corrected chi connectivity index (χ0v) is 20.4. The fourth-order valence-electron chi connectivity index (χ4n) is 4.76. The van der Waals surface area contributed by atoms with Gasteiger partial charge in [-0.05, 0) is 30.7 Å². The highest BCUT2D eigenvalue weighted by atomic mass is 16.5. The van der Waals surface area contributed by atoms with E-state index in [2.05, 4.69) is 54.3 Å². The molecule has 5 aromatic rings. The summed E-state index contributed by atoms with van der Waals surface area (Å²) in [5, 5.41) is 12.7. The quantitative estimate of drug-likeness (QED) is 0.376. The van der Waals surface area contributed by atoms with Crippen molar-refractivity contribution < 1.29 is 9.47 Å². The van der Waals surface area contributed by atoms with E-state index in [4.69, 9.17) is 14.5 Å². The highest BCUT2D eigenvalue weighted by molar-refractivity contribution is 6.00. The number of hydrogen-bond acceptors (Lipinski definition) is 8.